The largest absolute Gasteiger partial charge is 0.481 e. The molecule has 0 amide bonds. The zero-order valence-electron chi connectivity index (χ0n) is 8.58. The first-order chi connectivity index (χ1) is 7.61. The summed E-state index contributed by atoms with van der Waals surface area (Å²) < 4.78 is 18.9. The van der Waals surface area contributed by atoms with E-state index >= 15 is 0 Å². The molecule has 0 bridgehead atoms. The van der Waals surface area contributed by atoms with Crippen LogP contribution in [0, 0.1) is 5.82 Å². The van der Waals surface area contributed by atoms with E-state index in [0.717, 1.165) is 0 Å². The van der Waals surface area contributed by atoms with Crippen LogP contribution in [0.2, 0.25) is 0 Å². The topological polar surface area (TPSA) is 46.5 Å². The number of hydrogen-bond acceptors (Lipinski definition) is 2. The number of benzene rings is 1. The van der Waals surface area contributed by atoms with Gasteiger partial charge in [-0.25, -0.2) is 4.39 Å². The van der Waals surface area contributed by atoms with E-state index in [1.54, 1.807) is 18.2 Å². The van der Waals surface area contributed by atoms with Crippen molar-refractivity contribution in [3.8, 4) is 0 Å². The van der Waals surface area contributed by atoms with Crippen molar-refractivity contribution < 1.29 is 19.0 Å². The fraction of sp³-hybridized carbons (Fsp3) is 0.364. The highest BCUT2D eigenvalue weighted by molar-refractivity contribution is 9.10. The van der Waals surface area contributed by atoms with Crippen molar-refractivity contribution >= 4 is 21.9 Å². The zero-order chi connectivity index (χ0) is 12.0. The molecule has 0 unspecified atom stereocenters. The SMILES string of the molecule is O=C(O)CCOCCc1cccc(Br)c1F. The van der Waals surface area contributed by atoms with Crippen LogP contribution in [0.25, 0.3) is 0 Å². The minimum atomic E-state index is -0.895. The van der Waals surface area contributed by atoms with Gasteiger partial charge in [-0.15, -0.1) is 0 Å². The van der Waals surface area contributed by atoms with Gasteiger partial charge in [-0.3, -0.25) is 4.79 Å². The van der Waals surface area contributed by atoms with Gasteiger partial charge in [0.2, 0.25) is 0 Å². The maximum absolute atomic E-state index is 13.4. The van der Waals surface area contributed by atoms with Crippen LogP contribution in [0.5, 0.6) is 0 Å². The second-order valence-corrected chi connectivity index (χ2v) is 4.07. The third kappa shape index (κ3) is 4.28. The monoisotopic (exact) mass is 290 g/mol. The maximum atomic E-state index is 13.4. The Morgan fingerprint density at radius 1 is 1.44 bits per heavy atom. The van der Waals surface area contributed by atoms with Gasteiger partial charge in [-0.1, -0.05) is 12.1 Å². The molecule has 0 aliphatic rings. The zero-order valence-corrected chi connectivity index (χ0v) is 10.2. The molecular formula is C11H12BrFO3. The molecule has 1 N–H and O–H groups in total. The van der Waals surface area contributed by atoms with Crippen LogP contribution in [0.15, 0.2) is 22.7 Å². The molecule has 88 valence electrons. The van der Waals surface area contributed by atoms with Crippen LogP contribution >= 0.6 is 15.9 Å². The Hall–Kier alpha value is -0.940. The Bertz CT molecular complexity index is 368. The molecule has 0 aliphatic heterocycles. The number of carboxylic acids is 1. The van der Waals surface area contributed by atoms with Crippen LogP contribution in [0.1, 0.15) is 12.0 Å². The minimum Gasteiger partial charge on any atom is -0.481 e. The van der Waals surface area contributed by atoms with E-state index in [1.165, 1.54) is 0 Å². The summed E-state index contributed by atoms with van der Waals surface area (Å²) in [5.41, 5.74) is 0.560. The number of aliphatic carboxylic acids is 1. The number of ether oxygens (including phenoxy) is 1. The molecule has 0 spiro atoms. The molecule has 0 heterocycles. The Morgan fingerprint density at radius 3 is 2.88 bits per heavy atom. The van der Waals surface area contributed by atoms with E-state index in [2.05, 4.69) is 15.9 Å². The lowest BCUT2D eigenvalue weighted by atomic mass is 10.1. The summed E-state index contributed by atoms with van der Waals surface area (Å²) in [5, 5.41) is 8.36. The normalized spacial score (nSPS) is 10.4. The van der Waals surface area contributed by atoms with Crippen molar-refractivity contribution in [2.45, 2.75) is 12.8 Å². The van der Waals surface area contributed by atoms with Crippen LogP contribution in [-0.2, 0) is 16.0 Å². The fourth-order valence-corrected chi connectivity index (χ4v) is 1.59. The first-order valence-corrected chi connectivity index (χ1v) is 5.63. The molecule has 3 nitrogen and oxygen atoms in total. The fourth-order valence-electron chi connectivity index (χ4n) is 1.19. The predicted molar refractivity (Wildman–Crippen MR) is 60.9 cm³/mol. The molecule has 0 fully saturated rings. The summed E-state index contributed by atoms with van der Waals surface area (Å²) in [6.07, 6.45) is 0.409. The Balaban J connectivity index is 2.32. The number of carboxylic acid groups (broad SMARTS) is 1. The Kier molecular flexibility index (Phi) is 5.42. The first kappa shape index (κ1) is 13.1. The summed E-state index contributed by atoms with van der Waals surface area (Å²) in [6, 6.07) is 5.06. The summed E-state index contributed by atoms with van der Waals surface area (Å²) in [4.78, 5) is 10.2. The molecule has 0 saturated heterocycles. The van der Waals surface area contributed by atoms with Gasteiger partial charge in [0.15, 0.2) is 0 Å². The smallest absolute Gasteiger partial charge is 0.305 e. The van der Waals surface area contributed by atoms with Crippen molar-refractivity contribution in [1.29, 1.82) is 0 Å². The van der Waals surface area contributed by atoms with Gasteiger partial charge in [0.1, 0.15) is 5.82 Å². The number of hydrogen-bond donors (Lipinski definition) is 1. The standard InChI is InChI=1S/C11H12BrFO3/c12-9-3-1-2-8(11(9)13)4-6-16-7-5-10(14)15/h1-3H,4-7H2,(H,14,15). The predicted octanol–water partition coefficient (Wildman–Crippen LogP) is 2.62. The molecule has 0 aliphatic carbocycles. The molecule has 0 atom stereocenters. The molecule has 1 aromatic carbocycles. The second-order valence-electron chi connectivity index (χ2n) is 3.22. The van der Waals surface area contributed by atoms with E-state index in [4.69, 9.17) is 9.84 Å². The van der Waals surface area contributed by atoms with Crippen LogP contribution in [-0.4, -0.2) is 24.3 Å². The van der Waals surface area contributed by atoms with E-state index in [1.807, 2.05) is 0 Å². The highest BCUT2D eigenvalue weighted by Gasteiger charge is 2.05. The second kappa shape index (κ2) is 6.60. The van der Waals surface area contributed by atoms with Crippen molar-refractivity contribution in [2.24, 2.45) is 0 Å². The van der Waals surface area contributed by atoms with Crippen molar-refractivity contribution in [3.63, 3.8) is 0 Å². The van der Waals surface area contributed by atoms with E-state index in [-0.39, 0.29) is 18.8 Å². The average Bonchev–Trinajstić information content (AvgIpc) is 2.23. The van der Waals surface area contributed by atoms with Crippen molar-refractivity contribution in [2.75, 3.05) is 13.2 Å². The summed E-state index contributed by atoms with van der Waals surface area (Å²) >= 11 is 3.09. The van der Waals surface area contributed by atoms with Gasteiger partial charge in [-0.2, -0.15) is 0 Å². The number of halogens is 2. The molecule has 0 aromatic heterocycles. The molecule has 1 aromatic rings. The molecular weight excluding hydrogens is 279 g/mol. The highest BCUT2D eigenvalue weighted by Crippen LogP contribution is 2.18. The Morgan fingerprint density at radius 2 is 2.19 bits per heavy atom. The summed E-state index contributed by atoms with van der Waals surface area (Å²) in [7, 11) is 0. The van der Waals surface area contributed by atoms with Gasteiger partial charge in [0, 0.05) is 0 Å². The number of carbonyl (C=O) groups is 1. The van der Waals surface area contributed by atoms with Crippen molar-refractivity contribution in [1.82, 2.24) is 0 Å². The number of rotatable bonds is 6. The minimum absolute atomic E-state index is 0.0268. The van der Waals surface area contributed by atoms with Gasteiger partial charge in [-0.05, 0) is 34.0 Å². The molecule has 5 heteroatoms. The average molecular weight is 291 g/mol. The third-order valence-electron chi connectivity index (χ3n) is 2.01. The summed E-state index contributed by atoms with van der Waals surface area (Å²) in [6.45, 7) is 0.478. The van der Waals surface area contributed by atoms with Crippen LogP contribution in [0.3, 0.4) is 0 Å². The first-order valence-electron chi connectivity index (χ1n) is 4.83. The lowest BCUT2D eigenvalue weighted by Crippen LogP contribution is -2.06. The summed E-state index contributed by atoms with van der Waals surface area (Å²) in [5.74, 6) is -1.18. The molecule has 16 heavy (non-hydrogen) atoms. The van der Waals surface area contributed by atoms with E-state index < -0.39 is 5.97 Å². The van der Waals surface area contributed by atoms with Gasteiger partial charge in [0.25, 0.3) is 0 Å². The third-order valence-corrected chi connectivity index (χ3v) is 2.62. The van der Waals surface area contributed by atoms with Gasteiger partial charge >= 0.3 is 5.97 Å². The highest BCUT2D eigenvalue weighted by atomic mass is 79.9. The Labute approximate surface area is 101 Å². The maximum Gasteiger partial charge on any atom is 0.305 e. The molecule has 1 rings (SSSR count). The quantitative estimate of drug-likeness (QED) is 0.820. The van der Waals surface area contributed by atoms with Gasteiger partial charge in [0.05, 0.1) is 24.1 Å². The lowest BCUT2D eigenvalue weighted by molar-refractivity contribution is -0.138. The lowest BCUT2D eigenvalue weighted by Gasteiger charge is -2.05. The van der Waals surface area contributed by atoms with Gasteiger partial charge < -0.3 is 9.84 Å². The molecule has 0 saturated carbocycles. The van der Waals surface area contributed by atoms with Crippen LogP contribution in [0.4, 0.5) is 4.39 Å². The van der Waals surface area contributed by atoms with Crippen LogP contribution < -0.4 is 0 Å². The van der Waals surface area contributed by atoms with E-state index in [0.29, 0.717) is 23.1 Å². The molecule has 0 radical (unpaired) electrons. The van der Waals surface area contributed by atoms with Crippen molar-refractivity contribution in [3.05, 3.63) is 34.1 Å². The van der Waals surface area contributed by atoms with E-state index in [9.17, 15) is 9.18 Å².